The SMILES string of the molecule is Cc1cc(OCCCC(F)(F)F)c2ccccc2n1. The minimum absolute atomic E-state index is 0.0425. The second-order valence-corrected chi connectivity index (χ2v) is 4.35. The zero-order chi connectivity index (χ0) is 13.9. The molecule has 0 fully saturated rings. The number of aryl methyl sites for hydroxylation is 1. The largest absolute Gasteiger partial charge is 0.493 e. The summed E-state index contributed by atoms with van der Waals surface area (Å²) in [4.78, 5) is 4.34. The lowest BCUT2D eigenvalue weighted by Crippen LogP contribution is -2.09. The van der Waals surface area contributed by atoms with E-state index in [1.165, 1.54) is 0 Å². The topological polar surface area (TPSA) is 22.1 Å². The molecule has 19 heavy (non-hydrogen) atoms. The summed E-state index contributed by atoms with van der Waals surface area (Å²) in [7, 11) is 0. The Labute approximate surface area is 109 Å². The maximum atomic E-state index is 12.0. The number of halogens is 3. The first kappa shape index (κ1) is 13.6. The fraction of sp³-hybridized carbons (Fsp3) is 0.357. The molecule has 0 saturated carbocycles. The summed E-state index contributed by atoms with van der Waals surface area (Å²) in [6.07, 6.45) is -4.99. The minimum atomic E-state index is -4.13. The van der Waals surface area contributed by atoms with E-state index in [2.05, 4.69) is 4.98 Å². The van der Waals surface area contributed by atoms with E-state index in [1.807, 2.05) is 31.2 Å². The van der Waals surface area contributed by atoms with Crippen LogP contribution in [0.5, 0.6) is 5.75 Å². The van der Waals surface area contributed by atoms with E-state index in [-0.39, 0.29) is 13.0 Å². The van der Waals surface area contributed by atoms with Crippen LogP contribution < -0.4 is 4.74 Å². The van der Waals surface area contributed by atoms with Gasteiger partial charge in [-0.3, -0.25) is 4.98 Å². The molecule has 0 aliphatic rings. The van der Waals surface area contributed by atoms with Gasteiger partial charge in [-0.25, -0.2) is 0 Å². The Morgan fingerprint density at radius 1 is 1.21 bits per heavy atom. The number of nitrogens with zero attached hydrogens (tertiary/aromatic N) is 1. The molecule has 0 N–H and O–H groups in total. The summed E-state index contributed by atoms with van der Waals surface area (Å²) in [5.41, 5.74) is 1.57. The molecule has 0 unspecified atom stereocenters. The molecule has 0 aliphatic heterocycles. The van der Waals surface area contributed by atoms with Crippen molar-refractivity contribution in [2.75, 3.05) is 6.61 Å². The van der Waals surface area contributed by atoms with Gasteiger partial charge in [-0.1, -0.05) is 12.1 Å². The van der Waals surface area contributed by atoms with Crippen LogP contribution in [0.15, 0.2) is 30.3 Å². The van der Waals surface area contributed by atoms with Crippen molar-refractivity contribution in [3.63, 3.8) is 0 Å². The van der Waals surface area contributed by atoms with Gasteiger partial charge in [0.1, 0.15) is 5.75 Å². The van der Waals surface area contributed by atoms with Gasteiger partial charge in [0.2, 0.25) is 0 Å². The summed E-state index contributed by atoms with van der Waals surface area (Å²) >= 11 is 0. The number of pyridine rings is 1. The summed E-state index contributed by atoms with van der Waals surface area (Å²) in [5.74, 6) is 0.588. The van der Waals surface area contributed by atoms with Gasteiger partial charge in [0, 0.05) is 23.6 Å². The van der Waals surface area contributed by atoms with Crippen LogP contribution in [0.4, 0.5) is 13.2 Å². The third kappa shape index (κ3) is 3.84. The molecule has 0 radical (unpaired) electrons. The number of benzene rings is 1. The monoisotopic (exact) mass is 269 g/mol. The van der Waals surface area contributed by atoms with Gasteiger partial charge in [0.05, 0.1) is 12.1 Å². The van der Waals surface area contributed by atoms with Crippen molar-refractivity contribution in [3.8, 4) is 5.75 Å². The van der Waals surface area contributed by atoms with E-state index in [1.54, 1.807) is 6.07 Å². The molecule has 1 aromatic carbocycles. The molecular weight excluding hydrogens is 255 g/mol. The van der Waals surface area contributed by atoms with E-state index < -0.39 is 12.6 Å². The maximum absolute atomic E-state index is 12.0. The van der Waals surface area contributed by atoms with Crippen LogP contribution in [0, 0.1) is 6.92 Å². The number of hydrogen-bond donors (Lipinski definition) is 0. The van der Waals surface area contributed by atoms with Crippen LogP contribution in [0.2, 0.25) is 0 Å². The van der Waals surface area contributed by atoms with Gasteiger partial charge in [-0.2, -0.15) is 13.2 Å². The smallest absolute Gasteiger partial charge is 0.389 e. The van der Waals surface area contributed by atoms with Crippen LogP contribution in [0.3, 0.4) is 0 Å². The Balaban J connectivity index is 2.08. The van der Waals surface area contributed by atoms with E-state index in [0.29, 0.717) is 5.75 Å². The lowest BCUT2D eigenvalue weighted by atomic mass is 10.2. The number of rotatable bonds is 4. The molecule has 0 atom stereocenters. The van der Waals surface area contributed by atoms with Gasteiger partial charge in [0.25, 0.3) is 0 Å². The van der Waals surface area contributed by atoms with E-state index in [9.17, 15) is 13.2 Å². The first-order valence-electron chi connectivity index (χ1n) is 6.02. The highest BCUT2D eigenvalue weighted by Crippen LogP contribution is 2.26. The highest BCUT2D eigenvalue weighted by Gasteiger charge is 2.26. The lowest BCUT2D eigenvalue weighted by Gasteiger charge is -2.11. The average Bonchev–Trinajstić information content (AvgIpc) is 2.33. The van der Waals surface area contributed by atoms with Gasteiger partial charge in [0.15, 0.2) is 0 Å². The molecule has 0 saturated heterocycles. The third-order valence-electron chi connectivity index (χ3n) is 2.67. The molecule has 2 aromatic rings. The summed E-state index contributed by atoms with van der Waals surface area (Å²) in [5, 5.41) is 0.820. The van der Waals surface area contributed by atoms with E-state index >= 15 is 0 Å². The molecule has 1 aromatic heterocycles. The Bertz CT molecular complexity index is 566. The fourth-order valence-electron chi connectivity index (χ4n) is 1.84. The zero-order valence-electron chi connectivity index (χ0n) is 10.5. The minimum Gasteiger partial charge on any atom is -0.493 e. The Morgan fingerprint density at radius 2 is 1.95 bits per heavy atom. The van der Waals surface area contributed by atoms with Gasteiger partial charge < -0.3 is 4.74 Å². The number of para-hydroxylation sites is 1. The van der Waals surface area contributed by atoms with Crippen LogP contribution in [-0.2, 0) is 0 Å². The second kappa shape index (κ2) is 5.47. The Kier molecular flexibility index (Phi) is 3.93. The van der Waals surface area contributed by atoms with Crippen molar-refractivity contribution in [1.29, 1.82) is 0 Å². The molecule has 0 aliphatic carbocycles. The first-order chi connectivity index (χ1) is 8.96. The first-order valence-corrected chi connectivity index (χ1v) is 6.02. The number of hydrogen-bond acceptors (Lipinski definition) is 2. The normalized spacial score (nSPS) is 11.8. The number of fused-ring (bicyclic) bond motifs is 1. The van der Waals surface area contributed by atoms with Gasteiger partial charge in [-0.05, 0) is 25.5 Å². The van der Waals surface area contributed by atoms with Gasteiger partial charge in [-0.15, -0.1) is 0 Å². The average molecular weight is 269 g/mol. The molecule has 0 amide bonds. The third-order valence-corrected chi connectivity index (χ3v) is 2.67. The van der Waals surface area contributed by atoms with Crippen molar-refractivity contribution in [2.45, 2.75) is 25.9 Å². The van der Waals surface area contributed by atoms with Crippen LogP contribution in [0.1, 0.15) is 18.5 Å². The molecule has 2 rings (SSSR count). The standard InChI is InChI=1S/C14H14F3NO/c1-10-9-13(19-8-4-7-14(15,16)17)11-5-2-3-6-12(11)18-10/h2-3,5-6,9H,4,7-8H2,1H3. The number of ether oxygens (including phenoxy) is 1. The predicted molar refractivity (Wildman–Crippen MR) is 67.3 cm³/mol. The Morgan fingerprint density at radius 3 is 2.68 bits per heavy atom. The summed E-state index contributed by atoms with van der Waals surface area (Å²) in [6.45, 7) is 1.88. The van der Waals surface area contributed by atoms with Crippen LogP contribution in [-0.4, -0.2) is 17.8 Å². The molecule has 5 heteroatoms. The quantitative estimate of drug-likeness (QED) is 0.773. The highest BCUT2D eigenvalue weighted by atomic mass is 19.4. The van der Waals surface area contributed by atoms with Crippen LogP contribution >= 0.6 is 0 Å². The van der Waals surface area contributed by atoms with Crippen LogP contribution in [0.25, 0.3) is 10.9 Å². The molecule has 2 nitrogen and oxygen atoms in total. The fourth-order valence-corrected chi connectivity index (χ4v) is 1.84. The maximum Gasteiger partial charge on any atom is 0.389 e. The molecule has 0 bridgehead atoms. The lowest BCUT2D eigenvalue weighted by molar-refractivity contribution is -0.136. The van der Waals surface area contributed by atoms with E-state index in [4.69, 9.17) is 4.74 Å². The molecular formula is C14H14F3NO. The summed E-state index contributed by atoms with van der Waals surface area (Å²) < 4.78 is 41.6. The number of alkyl halides is 3. The van der Waals surface area contributed by atoms with Crippen molar-refractivity contribution in [2.24, 2.45) is 0 Å². The molecule has 0 spiro atoms. The van der Waals surface area contributed by atoms with Crippen molar-refractivity contribution >= 4 is 10.9 Å². The van der Waals surface area contributed by atoms with Crippen molar-refractivity contribution in [1.82, 2.24) is 4.98 Å². The van der Waals surface area contributed by atoms with Crippen molar-refractivity contribution < 1.29 is 17.9 Å². The zero-order valence-corrected chi connectivity index (χ0v) is 10.5. The van der Waals surface area contributed by atoms with Gasteiger partial charge >= 0.3 is 6.18 Å². The predicted octanol–water partition coefficient (Wildman–Crippen LogP) is 4.26. The van der Waals surface area contributed by atoms with Crippen molar-refractivity contribution in [3.05, 3.63) is 36.0 Å². The molecule has 102 valence electrons. The number of aromatic nitrogens is 1. The highest BCUT2D eigenvalue weighted by molar-refractivity contribution is 5.85. The summed E-state index contributed by atoms with van der Waals surface area (Å²) in [6, 6.07) is 9.16. The second-order valence-electron chi connectivity index (χ2n) is 4.35. The van der Waals surface area contributed by atoms with E-state index in [0.717, 1.165) is 16.6 Å². The molecule has 1 heterocycles. The Hall–Kier alpha value is -1.78.